The van der Waals surface area contributed by atoms with E-state index in [0.29, 0.717) is 36.1 Å². The van der Waals surface area contributed by atoms with Gasteiger partial charge in [-0.2, -0.15) is 5.26 Å². The number of esters is 1. The van der Waals surface area contributed by atoms with Crippen molar-refractivity contribution in [3.8, 4) is 23.3 Å². The van der Waals surface area contributed by atoms with Gasteiger partial charge in [-0.05, 0) is 43.7 Å². The monoisotopic (exact) mass is 431 g/mol. The summed E-state index contributed by atoms with van der Waals surface area (Å²) < 4.78 is 18.0. The van der Waals surface area contributed by atoms with Crippen LogP contribution in [0.2, 0.25) is 0 Å². The first-order chi connectivity index (χ1) is 15.5. The highest BCUT2D eigenvalue weighted by Gasteiger charge is 2.24. The predicted molar refractivity (Wildman–Crippen MR) is 116 cm³/mol. The third-order valence-corrected chi connectivity index (χ3v) is 5.22. The number of hydrogen-bond acceptors (Lipinski definition) is 6. The quantitative estimate of drug-likeness (QED) is 0.620. The third-order valence-electron chi connectivity index (χ3n) is 5.22. The van der Waals surface area contributed by atoms with E-state index in [1.807, 2.05) is 44.2 Å². The number of benzene rings is 2. The summed E-state index contributed by atoms with van der Waals surface area (Å²) in [7, 11) is 0. The van der Waals surface area contributed by atoms with Gasteiger partial charge in [-0.25, -0.2) is 4.79 Å². The summed E-state index contributed by atoms with van der Waals surface area (Å²) in [6.45, 7) is 3.90. The molecule has 1 amide bonds. The van der Waals surface area contributed by atoms with E-state index in [4.69, 9.17) is 14.2 Å². The summed E-state index contributed by atoms with van der Waals surface area (Å²) in [6.07, 6.45) is 0. The molecule has 162 valence electrons. The van der Waals surface area contributed by atoms with Gasteiger partial charge in [0.2, 0.25) is 0 Å². The number of fused-ring (bicyclic) bond motifs is 1. The van der Waals surface area contributed by atoms with E-state index in [0.717, 1.165) is 16.9 Å². The van der Waals surface area contributed by atoms with Crippen molar-refractivity contribution in [1.82, 2.24) is 4.57 Å². The summed E-state index contributed by atoms with van der Waals surface area (Å²) >= 11 is 0. The molecule has 1 aromatic heterocycles. The Morgan fingerprint density at radius 2 is 1.84 bits per heavy atom. The van der Waals surface area contributed by atoms with Gasteiger partial charge < -0.3 is 19.5 Å². The summed E-state index contributed by atoms with van der Waals surface area (Å²) in [5, 5.41) is 12.4. The molecule has 0 spiro atoms. The first kappa shape index (κ1) is 21.0. The normalized spacial score (nSPS) is 12.0. The lowest BCUT2D eigenvalue weighted by molar-refractivity contribution is -0.119. The topological polar surface area (TPSA) is 103 Å². The summed E-state index contributed by atoms with van der Waals surface area (Å²) in [5.74, 6) is -0.163. The van der Waals surface area contributed by atoms with Crippen LogP contribution in [-0.2, 0) is 9.53 Å². The van der Waals surface area contributed by atoms with Crippen LogP contribution in [0.3, 0.4) is 0 Å². The van der Waals surface area contributed by atoms with E-state index in [1.165, 1.54) is 0 Å². The van der Waals surface area contributed by atoms with E-state index < -0.39 is 18.5 Å². The minimum atomic E-state index is -0.700. The fraction of sp³-hybridized carbons (Fsp3) is 0.208. The fourth-order valence-electron chi connectivity index (χ4n) is 3.57. The van der Waals surface area contributed by atoms with Crippen LogP contribution in [0, 0.1) is 25.2 Å². The molecule has 2 heterocycles. The Kier molecular flexibility index (Phi) is 5.81. The molecule has 0 atom stereocenters. The third kappa shape index (κ3) is 3.88. The fourth-order valence-corrected chi connectivity index (χ4v) is 3.57. The number of anilines is 1. The van der Waals surface area contributed by atoms with Crippen LogP contribution >= 0.6 is 0 Å². The van der Waals surface area contributed by atoms with Crippen molar-refractivity contribution in [2.45, 2.75) is 13.8 Å². The maximum atomic E-state index is 12.6. The number of hydrogen-bond donors (Lipinski definition) is 1. The molecule has 1 N–H and O–H groups in total. The number of nitrogens with one attached hydrogen (secondary N) is 1. The molecular weight excluding hydrogens is 410 g/mol. The number of aromatic nitrogens is 1. The second kappa shape index (κ2) is 8.86. The molecule has 0 aliphatic carbocycles. The zero-order valence-electron chi connectivity index (χ0n) is 17.7. The molecule has 0 bridgehead atoms. The molecular formula is C24H21N3O5. The Morgan fingerprint density at radius 3 is 2.59 bits per heavy atom. The molecule has 4 rings (SSSR count). The molecule has 2 aromatic carbocycles. The van der Waals surface area contributed by atoms with Crippen LogP contribution in [0.4, 0.5) is 5.82 Å². The molecule has 0 saturated carbocycles. The first-order valence-electron chi connectivity index (χ1n) is 10.0. The van der Waals surface area contributed by atoms with Crippen molar-refractivity contribution in [3.63, 3.8) is 0 Å². The van der Waals surface area contributed by atoms with Crippen LogP contribution in [0.1, 0.15) is 27.2 Å². The zero-order chi connectivity index (χ0) is 22.7. The van der Waals surface area contributed by atoms with Crippen molar-refractivity contribution in [1.29, 1.82) is 5.26 Å². The van der Waals surface area contributed by atoms with E-state index in [1.54, 1.807) is 22.8 Å². The highest BCUT2D eigenvalue weighted by molar-refractivity contribution is 5.98. The molecule has 8 heteroatoms. The average Bonchev–Trinajstić information content (AvgIpc) is 3.06. The number of amides is 1. The molecule has 0 fully saturated rings. The van der Waals surface area contributed by atoms with E-state index in [-0.39, 0.29) is 5.56 Å². The van der Waals surface area contributed by atoms with E-state index >= 15 is 0 Å². The van der Waals surface area contributed by atoms with Gasteiger partial charge in [0.25, 0.3) is 5.91 Å². The lowest BCUT2D eigenvalue weighted by Gasteiger charge is -2.20. The molecule has 0 unspecified atom stereocenters. The van der Waals surface area contributed by atoms with Gasteiger partial charge in [-0.1, -0.05) is 24.3 Å². The lowest BCUT2D eigenvalue weighted by atomic mass is 10.2. The van der Waals surface area contributed by atoms with Crippen molar-refractivity contribution in [3.05, 3.63) is 70.9 Å². The summed E-state index contributed by atoms with van der Waals surface area (Å²) in [4.78, 5) is 25.2. The minimum absolute atomic E-state index is 0.187. The maximum absolute atomic E-state index is 12.6. The van der Waals surface area contributed by atoms with E-state index in [2.05, 4.69) is 11.4 Å². The van der Waals surface area contributed by atoms with Gasteiger partial charge in [0.05, 0.1) is 5.56 Å². The van der Waals surface area contributed by atoms with Gasteiger partial charge in [0.1, 0.15) is 30.7 Å². The lowest BCUT2D eigenvalue weighted by Crippen LogP contribution is -2.24. The Labute approximate surface area is 184 Å². The van der Waals surface area contributed by atoms with E-state index in [9.17, 15) is 14.9 Å². The van der Waals surface area contributed by atoms with Crippen LogP contribution in [0.15, 0.2) is 48.5 Å². The van der Waals surface area contributed by atoms with Gasteiger partial charge >= 0.3 is 5.97 Å². The van der Waals surface area contributed by atoms with Crippen LogP contribution in [-0.4, -0.2) is 36.3 Å². The van der Waals surface area contributed by atoms with Crippen molar-refractivity contribution < 1.29 is 23.8 Å². The molecule has 32 heavy (non-hydrogen) atoms. The van der Waals surface area contributed by atoms with Crippen molar-refractivity contribution >= 4 is 17.7 Å². The summed E-state index contributed by atoms with van der Waals surface area (Å²) in [6, 6.07) is 16.4. The molecule has 0 radical (unpaired) electrons. The number of para-hydroxylation sites is 2. The van der Waals surface area contributed by atoms with Crippen molar-refractivity contribution in [2.24, 2.45) is 0 Å². The van der Waals surface area contributed by atoms with Crippen LogP contribution in [0.5, 0.6) is 11.5 Å². The SMILES string of the molecule is Cc1c(C#N)c(NC(=O)COC(=O)c2cccc3c2OCCO3)n(-c2ccccc2)c1C. The number of nitrogens with zero attached hydrogens (tertiary/aromatic N) is 2. The van der Waals surface area contributed by atoms with Gasteiger partial charge in [0.15, 0.2) is 18.1 Å². The molecule has 0 saturated heterocycles. The summed E-state index contributed by atoms with van der Waals surface area (Å²) in [5.41, 5.74) is 2.93. The van der Waals surface area contributed by atoms with Crippen LogP contribution < -0.4 is 14.8 Å². The Balaban J connectivity index is 1.53. The number of carbonyl (C=O) groups is 2. The van der Waals surface area contributed by atoms with Gasteiger partial charge in [0, 0.05) is 11.4 Å². The standard InChI is InChI=1S/C24H21N3O5/c1-15-16(2)27(17-7-4-3-5-8-17)23(19(15)13-25)26-21(28)14-32-24(29)18-9-6-10-20-22(18)31-12-11-30-20/h3-10H,11-12,14H2,1-2H3,(H,26,28). The smallest absolute Gasteiger partial charge is 0.342 e. The first-order valence-corrected chi connectivity index (χ1v) is 10.0. The Morgan fingerprint density at radius 1 is 1.09 bits per heavy atom. The largest absolute Gasteiger partial charge is 0.486 e. The number of nitriles is 1. The van der Waals surface area contributed by atoms with Gasteiger partial charge in [-0.15, -0.1) is 0 Å². The second-order valence-electron chi connectivity index (χ2n) is 7.17. The second-order valence-corrected chi connectivity index (χ2v) is 7.17. The van der Waals surface area contributed by atoms with Gasteiger partial charge in [-0.3, -0.25) is 9.36 Å². The number of rotatable bonds is 5. The number of ether oxygens (including phenoxy) is 3. The molecule has 3 aromatic rings. The Hall–Kier alpha value is -4.25. The molecule has 1 aliphatic rings. The Bertz CT molecular complexity index is 1220. The average molecular weight is 431 g/mol. The highest BCUT2D eigenvalue weighted by Crippen LogP contribution is 2.34. The minimum Gasteiger partial charge on any atom is -0.486 e. The maximum Gasteiger partial charge on any atom is 0.342 e. The molecule has 8 nitrogen and oxygen atoms in total. The number of carbonyl (C=O) groups excluding carboxylic acids is 2. The molecule has 1 aliphatic heterocycles. The predicted octanol–water partition coefficient (Wildman–Crippen LogP) is 3.53. The van der Waals surface area contributed by atoms with Crippen LogP contribution in [0.25, 0.3) is 5.69 Å². The zero-order valence-corrected chi connectivity index (χ0v) is 17.7. The van der Waals surface area contributed by atoms with Crippen molar-refractivity contribution in [2.75, 3.05) is 25.1 Å². The highest BCUT2D eigenvalue weighted by atomic mass is 16.6.